The lowest BCUT2D eigenvalue weighted by Gasteiger charge is -2.33. The van der Waals surface area contributed by atoms with Gasteiger partial charge in [-0.25, -0.2) is 13.4 Å². The Morgan fingerprint density at radius 2 is 1.96 bits per heavy atom. The minimum Gasteiger partial charge on any atom is -0.444 e. The van der Waals surface area contributed by atoms with E-state index in [1.165, 1.54) is 10.4 Å². The number of oxazole rings is 1. The molecule has 1 aliphatic rings. The fraction of sp³-hybridized carbons (Fsp3) is 0.278. The van der Waals surface area contributed by atoms with Gasteiger partial charge in [0.1, 0.15) is 6.26 Å². The van der Waals surface area contributed by atoms with Gasteiger partial charge in [-0.15, -0.1) is 11.3 Å². The third-order valence-electron chi connectivity index (χ3n) is 4.43. The number of thiophene rings is 1. The second-order valence-electron chi connectivity index (χ2n) is 6.26. The summed E-state index contributed by atoms with van der Waals surface area (Å²) in [5.41, 5.74) is 0.851. The zero-order valence-electron chi connectivity index (χ0n) is 14.4. The van der Waals surface area contributed by atoms with Crippen molar-refractivity contribution in [1.82, 2.24) is 14.2 Å². The van der Waals surface area contributed by atoms with Crippen molar-refractivity contribution in [2.75, 3.05) is 26.2 Å². The summed E-state index contributed by atoms with van der Waals surface area (Å²) in [4.78, 5) is 7.94. The number of benzene rings is 1. The predicted octanol–water partition coefficient (Wildman–Crippen LogP) is 3.56. The molecule has 0 saturated carbocycles. The van der Waals surface area contributed by atoms with Gasteiger partial charge < -0.3 is 4.42 Å². The van der Waals surface area contributed by atoms with Crippen molar-refractivity contribution in [3.05, 3.63) is 58.8 Å². The maximum atomic E-state index is 12.8. The number of hydrogen-bond acceptors (Lipinski definition) is 6. The van der Waals surface area contributed by atoms with Crippen LogP contribution in [0.1, 0.15) is 5.69 Å². The van der Waals surface area contributed by atoms with Crippen LogP contribution in [0.3, 0.4) is 0 Å². The lowest BCUT2D eigenvalue weighted by molar-refractivity contribution is 0.180. The number of aromatic nitrogens is 1. The van der Waals surface area contributed by atoms with Crippen LogP contribution in [0.25, 0.3) is 10.8 Å². The van der Waals surface area contributed by atoms with Gasteiger partial charge in [0.2, 0.25) is 15.9 Å². The van der Waals surface area contributed by atoms with E-state index in [2.05, 4.69) is 9.88 Å². The highest BCUT2D eigenvalue weighted by Gasteiger charge is 2.28. The number of halogens is 1. The van der Waals surface area contributed by atoms with Crippen LogP contribution in [0.5, 0.6) is 0 Å². The molecule has 0 aliphatic carbocycles. The van der Waals surface area contributed by atoms with Gasteiger partial charge in [0.15, 0.2) is 0 Å². The predicted molar refractivity (Wildman–Crippen MR) is 105 cm³/mol. The highest BCUT2D eigenvalue weighted by Crippen LogP contribution is 2.25. The second kappa shape index (κ2) is 7.73. The van der Waals surface area contributed by atoms with Crippen LogP contribution in [0.15, 0.2) is 57.4 Å². The molecule has 0 N–H and O–H groups in total. The third kappa shape index (κ3) is 4.09. The average Bonchev–Trinajstić information content (AvgIpc) is 3.34. The van der Waals surface area contributed by atoms with Crippen LogP contribution in [0.2, 0.25) is 5.02 Å². The van der Waals surface area contributed by atoms with E-state index in [1.807, 2.05) is 17.5 Å². The molecule has 9 heteroatoms. The van der Waals surface area contributed by atoms with Crippen molar-refractivity contribution in [2.24, 2.45) is 0 Å². The first kappa shape index (κ1) is 18.6. The van der Waals surface area contributed by atoms with Gasteiger partial charge in [0, 0.05) is 37.7 Å². The molecule has 0 atom stereocenters. The van der Waals surface area contributed by atoms with Gasteiger partial charge in [-0.3, -0.25) is 4.90 Å². The number of rotatable bonds is 5. The quantitative estimate of drug-likeness (QED) is 0.627. The number of piperazine rings is 1. The average molecular weight is 424 g/mol. The Bertz CT molecular complexity index is 1010. The monoisotopic (exact) mass is 423 g/mol. The topological polar surface area (TPSA) is 66.7 Å². The summed E-state index contributed by atoms with van der Waals surface area (Å²) in [5, 5.41) is 2.40. The summed E-state index contributed by atoms with van der Waals surface area (Å²) in [6.07, 6.45) is 1.67. The van der Waals surface area contributed by atoms with Crippen molar-refractivity contribution in [2.45, 2.75) is 11.4 Å². The molecule has 3 aromatic rings. The van der Waals surface area contributed by atoms with E-state index in [-0.39, 0.29) is 4.90 Å². The zero-order valence-corrected chi connectivity index (χ0v) is 16.8. The van der Waals surface area contributed by atoms with E-state index < -0.39 is 10.0 Å². The molecule has 1 saturated heterocycles. The first-order valence-electron chi connectivity index (χ1n) is 8.49. The molecule has 2 aromatic heterocycles. The van der Waals surface area contributed by atoms with Gasteiger partial charge in [0.05, 0.1) is 15.5 Å². The zero-order chi connectivity index (χ0) is 18.9. The van der Waals surface area contributed by atoms with Gasteiger partial charge in [-0.05, 0) is 29.6 Å². The normalized spacial score (nSPS) is 16.6. The fourth-order valence-corrected chi connectivity index (χ4v) is 5.41. The molecular weight excluding hydrogens is 406 g/mol. The highest BCUT2D eigenvalue weighted by molar-refractivity contribution is 7.89. The Morgan fingerprint density at radius 3 is 2.67 bits per heavy atom. The standard InChI is InChI=1S/C18H18ClN3O3S2/c19-14-3-1-4-16(11-14)27(23,24)22-8-6-21(7-9-22)12-15-13-25-18(20-15)17-5-2-10-26-17/h1-5,10-11,13H,6-9,12H2. The van der Waals surface area contributed by atoms with E-state index in [0.717, 1.165) is 10.6 Å². The molecule has 27 heavy (non-hydrogen) atoms. The van der Waals surface area contributed by atoms with Crippen LogP contribution in [0.4, 0.5) is 0 Å². The molecule has 1 aromatic carbocycles. The summed E-state index contributed by atoms with van der Waals surface area (Å²) in [5.74, 6) is 0.627. The molecule has 1 aliphatic heterocycles. The molecule has 4 rings (SSSR count). The van der Waals surface area contributed by atoms with Gasteiger partial charge in [0.25, 0.3) is 0 Å². The minimum atomic E-state index is -3.52. The second-order valence-corrected chi connectivity index (χ2v) is 9.58. The molecule has 6 nitrogen and oxygen atoms in total. The maximum Gasteiger partial charge on any atom is 0.243 e. The van der Waals surface area contributed by atoms with Gasteiger partial charge in [-0.1, -0.05) is 23.7 Å². The molecule has 0 bridgehead atoms. The molecule has 0 spiro atoms. The molecular formula is C18H18ClN3O3S2. The van der Waals surface area contributed by atoms with E-state index in [1.54, 1.807) is 35.8 Å². The van der Waals surface area contributed by atoms with Crippen LogP contribution in [0, 0.1) is 0 Å². The lowest BCUT2D eigenvalue weighted by Crippen LogP contribution is -2.48. The number of nitrogens with zero attached hydrogens (tertiary/aromatic N) is 3. The van der Waals surface area contributed by atoms with E-state index >= 15 is 0 Å². The number of hydrogen-bond donors (Lipinski definition) is 0. The first-order valence-corrected chi connectivity index (χ1v) is 11.2. The van der Waals surface area contributed by atoms with Gasteiger partial charge >= 0.3 is 0 Å². The summed E-state index contributed by atoms with van der Waals surface area (Å²) >= 11 is 7.52. The lowest BCUT2D eigenvalue weighted by atomic mass is 10.3. The largest absolute Gasteiger partial charge is 0.444 e. The molecule has 0 radical (unpaired) electrons. The smallest absolute Gasteiger partial charge is 0.243 e. The molecule has 0 amide bonds. The molecule has 1 fully saturated rings. The molecule has 3 heterocycles. The Kier molecular flexibility index (Phi) is 5.34. The highest BCUT2D eigenvalue weighted by atomic mass is 35.5. The minimum absolute atomic E-state index is 0.237. The van der Waals surface area contributed by atoms with Crippen molar-refractivity contribution in [1.29, 1.82) is 0 Å². The van der Waals surface area contributed by atoms with Crippen molar-refractivity contribution < 1.29 is 12.8 Å². The van der Waals surface area contributed by atoms with Crippen molar-refractivity contribution in [3.63, 3.8) is 0 Å². The SMILES string of the molecule is O=S(=O)(c1cccc(Cl)c1)N1CCN(Cc2coc(-c3cccs3)n2)CC1. The van der Waals surface area contributed by atoms with Gasteiger partial charge in [-0.2, -0.15) is 4.31 Å². The van der Waals surface area contributed by atoms with E-state index in [0.29, 0.717) is 43.6 Å². The summed E-state index contributed by atoms with van der Waals surface area (Å²) < 4.78 is 32.6. The summed E-state index contributed by atoms with van der Waals surface area (Å²) in [6, 6.07) is 10.3. The summed E-state index contributed by atoms with van der Waals surface area (Å²) in [7, 11) is -3.52. The Hall–Kier alpha value is -1.71. The number of sulfonamides is 1. The fourth-order valence-electron chi connectivity index (χ4n) is 3.03. The van der Waals surface area contributed by atoms with Crippen molar-refractivity contribution >= 4 is 33.0 Å². The van der Waals surface area contributed by atoms with Crippen LogP contribution in [-0.2, 0) is 16.6 Å². The van der Waals surface area contributed by atoms with Crippen molar-refractivity contribution in [3.8, 4) is 10.8 Å². The van der Waals surface area contributed by atoms with Crippen LogP contribution >= 0.6 is 22.9 Å². The van der Waals surface area contributed by atoms with E-state index in [4.69, 9.17) is 16.0 Å². The summed E-state index contributed by atoms with van der Waals surface area (Å²) in [6.45, 7) is 2.79. The maximum absolute atomic E-state index is 12.8. The molecule has 0 unspecified atom stereocenters. The molecule has 142 valence electrons. The Morgan fingerprint density at radius 1 is 1.15 bits per heavy atom. The Labute approximate surface area is 167 Å². The first-order chi connectivity index (χ1) is 13.0. The Balaban J connectivity index is 1.38. The third-order valence-corrected chi connectivity index (χ3v) is 7.42. The van der Waals surface area contributed by atoms with Crippen LogP contribution in [-0.4, -0.2) is 48.8 Å². The van der Waals surface area contributed by atoms with Crippen LogP contribution < -0.4 is 0 Å². The van der Waals surface area contributed by atoms with E-state index in [9.17, 15) is 8.42 Å².